The van der Waals surface area contributed by atoms with Gasteiger partial charge in [0, 0.05) is 11.1 Å². The first-order valence-electron chi connectivity index (χ1n) is 9.32. The molecule has 2 bridgehead atoms. The van der Waals surface area contributed by atoms with E-state index in [9.17, 15) is 0 Å². The second-order valence-corrected chi connectivity index (χ2v) is 7.79. The third-order valence-electron chi connectivity index (χ3n) is 6.59. The molecule has 2 aromatic carbocycles. The second-order valence-electron chi connectivity index (χ2n) is 7.79. The number of rotatable bonds is 0. The Hall–Kier alpha value is -1.60. The molecule has 2 fully saturated rings. The zero-order valence-corrected chi connectivity index (χ0v) is 13.8. The van der Waals surface area contributed by atoms with Crippen molar-refractivity contribution in [2.45, 2.75) is 62.4 Å². The minimum absolute atomic E-state index is 0.194. The molecule has 2 atom stereocenters. The predicted molar refractivity (Wildman–Crippen MR) is 95.3 cm³/mol. The minimum Gasteiger partial charge on any atom is -0.298 e. The van der Waals surface area contributed by atoms with Crippen LogP contribution in [0.4, 0.5) is 0 Å². The van der Waals surface area contributed by atoms with E-state index in [0.29, 0.717) is 0 Å². The molecule has 0 saturated carbocycles. The maximum absolute atomic E-state index is 4.23. The van der Waals surface area contributed by atoms with Crippen molar-refractivity contribution in [2.24, 2.45) is 0 Å². The summed E-state index contributed by atoms with van der Waals surface area (Å²) in [6, 6.07) is 18.3. The summed E-state index contributed by atoms with van der Waals surface area (Å²) in [5, 5.41) is 4.23. The molecule has 0 spiro atoms. The first kappa shape index (κ1) is 13.8. The molecule has 2 aromatic rings. The van der Waals surface area contributed by atoms with Gasteiger partial charge < -0.3 is 0 Å². The molecular formula is C22H25N. The van der Waals surface area contributed by atoms with Crippen molar-refractivity contribution in [3.63, 3.8) is 0 Å². The highest BCUT2D eigenvalue weighted by Crippen LogP contribution is 2.55. The molecule has 118 valence electrons. The smallest absolute Gasteiger partial charge is 0.0448 e. The van der Waals surface area contributed by atoms with Gasteiger partial charge in [-0.05, 0) is 47.9 Å². The Bertz CT molecular complexity index is 686. The van der Waals surface area contributed by atoms with Crippen molar-refractivity contribution in [1.82, 2.24) is 5.32 Å². The fourth-order valence-corrected chi connectivity index (χ4v) is 5.54. The summed E-state index contributed by atoms with van der Waals surface area (Å²) in [4.78, 5) is 0. The van der Waals surface area contributed by atoms with E-state index in [4.69, 9.17) is 0 Å². The van der Waals surface area contributed by atoms with Crippen molar-refractivity contribution in [3.05, 3.63) is 59.7 Å². The lowest BCUT2D eigenvalue weighted by atomic mass is 9.74. The highest BCUT2D eigenvalue weighted by molar-refractivity contribution is 5.75. The minimum atomic E-state index is 0.194. The standard InChI is InChI=1S/C22H25N/c1-2-8-14-22-16-15-21(23-22,13-7-1)19-11-5-3-9-17(19)18-10-4-6-12-20(18)22/h3-6,9-12,23H,1-2,7-8,13-16H2. The van der Waals surface area contributed by atoms with E-state index in [1.807, 2.05) is 0 Å². The van der Waals surface area contributed by atoms with Crippen LogP contribution >= 0.6 is 0 Å². The number of hydrogen-bond donors (Lipinski definition) is 1. The van der Waals surface area contributed by atoms with Crippen LogP contribution in [0.15, 0.2) is 48.5 Å². The molecule has 3 aliphatic heterocycles. The summed E-state index contributed by atoms with van der Waals surface area (Å²) in [6.07, 6.45) is 10.7. The fraction of sp³-hybridized carbons (Fsp3) is 0.455. The third kappa shape index (κ3) is 1.89. The first-order valence-corrected chi connectivity index (χ1v) is 9.32. The fourth-order valence-electron chi connectivity index (χ4n) is 5.54. The molecule has 0 aromatic heterocycles. The van der Waals surface area contributed by atoms with Gasteiger partial charge in [-0.25, -0.2) is 0 Å². The van der Waals surface area contributed by atoms with Crippen LogP contribution < -0.4 is 5.32 Å². The maximum Gasteiger partial charge on any atom is 0.0448 e. The van der Waals surface area contributed by atoms with Gasteiger partial charge in [0.15, 0.2) is 0 Å². The van der Waals surface area contributed by atoms with Gasteiger partial charge in [-0.15, -0.1) is 0 Å². The Morgan fingerprint density at radius 1 is 0.565 bits per heavy atom. The summed E-state index contributed by atoms with van der Waals surface area (Å²) < 4.78 is 0. The van der Waals surface area contributed by atoms with Gasteiger partial charge in [-0.1, -0.05) is 74.2 Å². The van der Waals surface area contributed by atoms with E-state index in [-0.39, 0.29) is 11.1 Å². The summed E-state index contributed by atoms with van der Waals surface area (Å²) in [5.74, 6) is 0. The highest BCUT2D eigenvalue weighted by atomic mass is 15.1. The van der Waals surface area contributed by atoms with Crippen LogP contribution in [0.25, 0.3) is 11.1 Å². The van der Waals surface area contributed by atoms with Crippen LogP contribution in [-0.4, -0.2) is 0 Å². The van der Waals surface area contributed by atoms with E-state index in [1.165, 1.54) is 62.5 Å². The van der Waals surface area contributed by atoms with Crippen LogP contribution in [0.3, 0.4) is 0 Å². The molecule has 3 aliphatic rings. The molecule has 23 heavy (non-hydrogen) atoms. The van der Waals surface area contributed by atoms with E-state index in [1.54, 1.807) is 11.1 Å². The Balaban J connectivity index is 1.83. The monoisotopic (exact) mass is 303 g/mol. The molecule has 2 saturated heterocycles. The largest absolute Gasteiger partial charge is 0.298 e. The number of nitrogens with one attached hydrogen (secondary N) is 1. The molecule has 1 N–H and O–H groups in total. The van der Waals surface area contributed by atoms with Gasteiger partial charge in [0.1, 0.15) is 0 Å². The quantitative estimate of drug-likeness (QED) is 0.678. The first-order chi connectivity index (χ1) is 11.3. The SMILES string of the molecule is c1ccc2c(c1)-c1ccccc1C13CCCCCCC2(CC1)N3. The second kappa shape index (κ2) is 4.95. The number of benzene rings is 2. The summed E-state index contributed by atoms with van der Waals surface area (Å²) >= 11 is 0. The maximum atomic E-state index is 4.23. The van der Waals surface area contributed by atoms with Gasteiger partial charge in [0.2, 0.25) is 0 Å². The molecule has 2 unspecified atom stereocenters. The van der Waals surface area contributed by atoms with Gasteiger partial charge in [-0.3, -0.25) is 5.32 Å². The molecule has 1 heteroatoms. The third-order valence-corrected chi connectivity index (χ3v) is 6.59. The molecule has 0 radical (unpaired) electrons. The zero-order chi connectivity index (χ0) is 15.3. The van der Waals surface area contributed by atoms with E-state index < -0.39 is 0 Å². The topological polar surface area (TPSA) is 12.0 Å². The van der Waals surface area contributed by atoms with Crippen molar-refractivity contribution in [3.8, 4) is 11.1 Å². The summed E-state index contributed by atoms with van der Waals surface area (Å²) in [7, 11) is 0. The molecule has 3 heterocycles. The molecule has 1 nitrogen and oxygen atoms in total. The lowest BCUT2D eigenvalue weighted by Crippen LogP contribution is -2.45. The average Bonchev–Trinajstić information content (AvgIpc) is 2.99. The molecular weight excluding hydrogens is 278 g/mol. The van der Waals surface area contributed by atoms with Gasteiger partial charge in [0.25, 0.3) is 0 Å². The molecule has 0 aliphatic carbocycles. The zero-order valence-electron chi connectivity index (χ0n) is 13.8. The van der Waals surface area contributed by atoms with Crippen molar-refractivity contribution in [2.75, 3.05) is 0 Å². The number of hydrogen-bond acceptors (Lipinski definition) is 1. The van der Waals surface area contributed by atoms with Crippen LogP contribution in [0.1, 0.15) is 62.5 Å². The van der Waals surface area contributed by atoms with Crippen molar-refractivity contribution in [1.29, 1.82) is 0 Å². The summed E-state index contributed by atoms with van der Waals surface area (Å²) in [5.41, 5.74) is 6.43. The van der Waals surface area contributed by atoms with Crippen molar-refractivity contribution < 1.29 is 0 Å². The Labute approximate surface area is 139 Å². The normalized spacial score (nSPS) is 32.0. The average molecular weight is 303 g/mol. The van der Waals surface area contributed by atoms with Crippen LogP contribution in [0, 0.1) is 0 Å². The predicted octanol–water partition coefficient (Wildman–Crippen LogP) is 5.50. The van der Waals surface area contributed by atoms with Gasteiger partial charge >= 0.3 is 0 Å². The number of fused-ring (bicyclic) bond motifs is 3. The lowest BCUT2D eigenvalue weighted by Gasteiger charge is -2.35. The Kier molecular flexibility index (Phi) is 2.97. The Morgan fingerprint density at radius 2 is 1.04 bits per heavy atom. The van der Waals surface area contributed by atoms with Gasteiger partial charge in [0.05, 0.1) is 0 Å². The molecule has 0 amide bonds. The van der Waals surface area contributed by atoms with Crippen molar-refractivity contribution >= 4 is 0 Å². The van der Waals surface area contributed by atoms with Crippen LogP contribution in [-0.2, 0) is 11.1 Å². The van der Waals surface area contributed by atoms with E-state index in [0.717, 1.165) is 0 Å². The van der Waals surface area contributed by atoms with E-state index >= 15 is 0 Å². The molecule has 5 rings (SSSR count). The highest BCUT2D eigenvalue weighted by Gasteiger charge is 2.52. The Morgan fingerprint density at radius 3 is 1.57 bits per heavy atom. The van der Waals surface area contributed by atoms with E-state index in [2.05, 4.69) is 53.8 Å². The summed E-state index contributed by atoms with van der Waals surface area (Å²) in [6.45, 7) is 0. The lowest BCUT2D eigenvalue weighted by molar-refractivity contribution is 0.276. The van der Waals surface area contributed by atoms with Crippen LogP contribution in [0.5, 0.6) is 0 Å². The van der Waals surface area contributed by atoms with Gasteiger partial charge in [-0.2, -0.15) is 0 Å². The van der Waals surface area contributed by atoms with Crippen LogP contribution in [0.2, 0.25) is 0 Å².